The zero-order valence-electron chi connectivity index (χ0n) is 9.69. The minimum absolute atomic E-state index is 0.835. The Morgan fingerprint density at radius 1 is 0.778 bits per heavy atom. The molecule has 4 heteroatoms. The molecule has 0 saturated carbocycles. The van der Waals surface area contributed by atoms with E-state index in [9.17, 15) is 0 Å². The largest absolute Gasteiger partial charge is 0.280 e. The van der Waals surface area contributed by atoms with Crippen molar-refractivity contribution < 1.29 is 0 Å². The number of fused-ring (bicyclic) bond motifs is 1. The number of benzene rings is 2. The quantitative estimate of drug-likeness (QED) is 0.549. The number of rotatable bonds is 2. The van der Waals surface area contributed by atoms with E-state index in [-0.39, 0.29) is 0 Å². The number of nitrogens with two attached hydrogens (primary N) is 1. The number of hydrogen-bond donors (Lipinski definition) is 1. The number of hydrazine groups is 1. The SMILES string of the molecule is NN(c1ccccc1)c1ccc2nccnc2c1. The van der Waals surface area contributed by atoms with Gasteiger partial charge < -0.3 is 0 Å². The summed E-state index contributed by atoms with van der Waals surface area (Å²) in [5.41, 5.74) is 3.51. The molecule has 0 radical (unpaired) electrons. The summed E-state index contributed by atoms with van der Waals surface area (Å²) in [4.78, 5) is 8.51. The molecular weight excluding hydrogens is 224 g/mol. The van der Waals surface area contributed by atoms with Crippen LogP contribution >= 0.6 is 0 Å². The lowest BCUT2D eigenvalue weighted by molar-refractivity contribution is 1.09. The Bertz CT molecular complexity index is 667. The first kappa shape index (κ1) is 10.7. The van der Waals surface area contributed by atoms with Crippen LogP contribution in [0, 0.1) is 0 Å². The molecule has 0 fully saturated rings. The number of nitrogens with zero attached hydrogens (tertiary/aromatic N) is 3. The highest BCUT2D eigenvalue weighted by Crippen LogP contribution is 2.23. The van der Waals surface area contributed by atoms with Crippen molar-refractivity contribution in [2.45, 2.75) is 0 Å². The third-order valence-electron chi connectivity index (χ3n) is 2.77. The first-order valence-electron chi connectivity index (χ1n) is 5.65. The van der Waals surface area contributed by atoms with Gasteiger partial charge in [-0.15, -0.1) is 0 Å². The normalized spacial score (nSPS) is 10.5. The molecule has 0 saturated heterocycles. The Hall–Kier alpha value is -2.46. The smallest absolute Gasteiger partial charge is 0.0908 e. The zero-order chi connectivity index (χ0) is 12.4. The average Bonchev–Trinajstić information content (AvgIpc) is 2.47. The fourth-order valence-electron chi connectivity index (χ4n) is 1.84. The first-order valence-corrected chi connectivity index (χ1v) is 5.65. The predicted octanol–water partition coefficient (Wildman–Crippen LogP) is 2.64. The fraction of sp³-hybridized carbons (Fsp3) is 0. The molecule has 0 aliphatic rings. The Kier molecular flexibility index (Phi) is 2.63. The van der Waals surface area contributed by atoms with E-state index in [1.807, 2.05) is 48.5 Å². The zero-order valence-corrected chi connectivity index (χ0v) is 9.69. The molecule has 0 atom stereocenters. The van der Waals surface area contributed by atoms with Crippen molar-refractivity contribution >= 4 is 22.4 Å². The van der Waals surface area contributed by atoms with E-state index in [1.165, 1.54) is 0 Å². The lowest BCUT2D eigenvalue weighted by atomic mass is 10.2. The van der Waals surface area contributed by atoms with Crippen LogP contribution in [0.15, 0.2) is 60.9 Å². The standard InChI is InChI=1S/C14H12N4/c15-18(11-4-2-1-3-5-11)12-6-7-13-14(10-12)17-9-8-16-13/h1-10H,15H2. The molecule has 4 nitrogen and oxygen atoms in total. The van der Waals surface area contributed by atoms with E-state index >= 15 is 0 Å². The van der Waals surface area contributed by atoms with Crippen molar-refractivity contribution in [3.05, 3.63) is 60.9 Å². The molecule has 0 aliphatic heterocycles. The van der Waals surface area contributed by atoms with Gasteiger partial charge in [0.05, 0.1) is 22.4 Å². The van der Waals surface area contributed by atoms with Gasteiger partial charge >= 0.3 is 0 Å². The first-order chi connectivity index (χ1) is 8.84. The minimum atomic E-state index is 0.835. The van der Waals surface area contributed by atoms with Crippen LogP contribution in [0.2, 0.25) is 0 Å². The monoisotopic (exact) mass is 236 g/mol. The fourth-order valence-corrected chi connectivity index (χ4v) is 1.84. The van der Waals surface area contributed by atoms with Crippen LogP contribution in [0.5, 0.6) is 0 Å². The van der Waals surface area contributed by atoms with Crippen LogP contribution in [0.25, 0.3) is 11.0 Å². The lowest BCUT2D eigenvalue weighted by Gasteiger charge is -2.18. The van der Waals surface area contributed by atoms with E-state index in [0.29, 0.717) is 0 Å². The Morgan fingerprint density at radius 2 is 1.50 bits per heavy atom. The van der Waals surface area contributed by atoms with Gasteiger partial charge in [-0.3, -0.25) is 15.0 Å². The van der Waals surface area contributed by atoms with Crippen molar-refractivity contribution in [1.29, 1.82) is 0 Å². The summed E-state index contributed by atoms with van der Waals surface area (Å²) in [6, 6.07) is 15.6. The molecule has 2 aromatic carbocycles. The minimum Gasteiger partial charge on any atom is -0.280 e. The maximum atomic E-state index is 6.09. The number of aromatic nitrogens is 2. The molecule has 0 aliphatic carbocycles. The summed E-state index contributed by atoms with van der Waals surface area (Å²) in [5.74, 6) is 6.09. The summed E-state index contributed by atoms with van der Waals surface area (Å²) in [6.07, 6.45) is 3.36. The van der Waals surface area contributed by atoms with Gasteiger partial charge in [0.1, 0.15) is 0 Å². The Labute approximate surface area is 105 Å². The van der Waals surface area contributed by atoms with Gasteiger partial charge in [-0.05, 0) is 30.3 Å². The molecule has 88 valence electrons. The molecule has 1 aromatic heterocycles. The van der Waals surface area contributed by atoms with Gasteiger partial charge in [0.2, 0.25) is 0 Å². The van der Waals surface area contributed by atoms with Crippen molar-refractivity contribution in [2.24, 2.45) is 5.84 Å². The Morgan fingerprint density at radius 3 is 2.28 bits per heavy atom. The van der Waals surface area contributed by atoms with E-state index < -0.39 is 0 Å². The third-order valence-corrected chi connectivity index (χ3v) is 2.77. The van der Waals surface area contributed by atoms with Gasteiger partial charge in [-0.1, -0.05) is 18.2 Å². The summed E-state index contributed by atoms with van der Waals surface area (Å²) in [5, 5.41) is 1.63. The molecular formula is C14H12N4. The highest BCUT2D eigenvalue weighted by molar-refractivity contribution is 5.80. The van der Waals surface area contributed by atoms with Gasteiger partial charge in [0, 0.05) is 12.4 Å². The van der Waals surface area contributed by atoms with E-state index in [4.69, 9.17) is 5.84 Å². The van der Waals surface area contributed by atoms with E-state index in [2.05, 4.69) is 9.97 Å². The molecule has 0 spiro atoms. The van der Waals surface area contributed by atoms with E-state index in [0.717, 1.165) is 22.4 Å². The maximum absolute atomic E-state index is 6.09. The van der Waals surface area contributed by atoms with Crippen LogP contribution in [0.3, 0.4) is 0 Å². The van der Waals surface area contributed by atoms with Gasteiger partial charge in [0.15, 0.2) is 0 Å². The van der Waals surface area contributed by atoms with Crippen LogP contribution in [-0.2, 0) is 0 Å². The van der Waals surface area contributed by atoms with Crippen molar-refractivity contribution in [3.8, 4) is 0 Å². The van der Waals surface area contributed by atoms with Crippen LogP contribution in [0.1, 0.15) is 0 Å². The predicted molar refractivity (Wildman–Crippen MR) is 72.3 cm³/mol. The second-order valence-corrected chi connectivity index (χ2v) is 3.93. The van der Waals surface area contributed by atoms with Gasteiger partial charge in [-0.25, -0.2) is 5.84 Å². The molecule has 0 bridgehead atoms. The highest BCUT2D eigenvalue weighted by atomic mass is 15.4. The lowest BCUT2D eigenvalue weighted by Crippen LogP contribution is -2.24. The van der Waals surface area contributed by atoms with Crippen LogP contribution in [-0.4, -0.2) is 9.97 Å². The van der Waals surface area contributed by atoms with E-state index in [1.54, 1.807) is 17.4 Å². The molecule has 0 amide bonds. The van der Waals surface area contributed by atoms with Crippen molar-refractivity contribution in [3.63, 3.8) is 0 Å². The molecule has 0 unspecified atom stereocenters. The molecule has 18 heavy (non-hydrogen) atoms. The topological polar surface area (TPSA) is 55.0 Å². The van der Waals surface area contributed by atoms with Crippen LogP contribution in [0.4, 0.5) is 11.4 Å². The van der Waals surface area contributed by atoms with Crippen LogP contribution < -0.4 is 10.9 Å². The van der Waals surface area contributed by atoms with Crippen molar-refractivity contribution in [2.75, 3.05) is 5.01 Å². The summed E-state index contributed by atoms with van der Waals surface area (Å²) in [6.45, 7) is 0. The Balaban J connectivity index is 2.04. The highest BCUT2D eigenvalue weighted by Gasteiger charge is 2.05. The average molecular weight is 236 g/mol. The van der Waals surface area contributed by atoms with Gasteiger partial charge in [0.25, 0.3) is 0 Å². The molecule has 3 aromatic rings. The molecule has 2 N–H and O–H groups in total. The molecule has 1 heterocycles. The number of anilines is 2. The second-order valence-electron chi connectivity index (χ2n) is 3.93. The number of para-hydroxylation sites is 1. The summed E-state index contributed by atoms with van der Waals surface area (Å²) < 4.78 is 0. The summed E-state index contributed by atoms with van der Waals surface area (Å²) >= 11 is 0. The van der Waals surface area contributed by atoms with Gasteiger partial charge in [-0.2, -0.15) is 0 Å². The second kappa shape index (κ2) is 4.43. The summed E-state index contributed by atoms with van der Waals surface area (Å²) in [7, 11) is 0. The molecule has 3 rings (SSSR count). The maximum Gasteiger partial charge on any atom is 0.0908 e. The third kappa shape index (κ3) is 1.89. The van der Waals surface area contributed by atoms with Crippen molar-refractivity contribution in [1.82, 2.24) is 9.97 Å². The number of hydrogen-bond acceptors (Lipinski definition) is 4.